The van der Waals surface area contributed by atoms with Gasteiger partial charge in [0.25, 0.3) is 0 Å². The lowest BCUT2D eigenvalue weighted by molar-refractivity contribution is 0.854. The summed E-state index contributed by atoms with van der Waals surface area (Å²) in [6.45, 7) is 6.50. The van der Waals surface area contributed by atoms with E-state index in [0.717, 1.165) is 26.6 Å². The fraction of sp³-hybridized carbons (Fsp3) is 0.278. The monoisotopic (exact) mass is 282 g/mol. The maximum atomic E-state index is 12.9. The van der Waals surface area contributed by atoms with Crippen LogP contribution in [0.25, 0.3) is 20.2 Å². The number of hydrogen-bond donors (Lipinski definition) is 0. The van der Waals surface area contributed by atoms with Crippen molar-refractivity contribution in [3.63, 3.8) is 0 Å². The molecule has 3 aromatic rings. The zero-order valence-corrected chi connectivity index (χ0v) is 12.9. The lowest BCUT2D eigenvalue weighted by atomic mass is 9.92. The highest BCUT2D eigenvalue weighted by molar-refractivity contribution is 7.24. The van der Waals surface area contributed by atoms with Crippen LogP contribution in [0.4, 0.5) is 0 Å². The van der Waals surface area contributed by atoms with Crippen LogP contribution < -0.4 is 5.43 Å². The molecule has 0 aliphatic heterocycles. The molecule has 1 heterocycles. The first-order valence-corrected chi connectivity index (χ1v) is 7.92. The van der Waals surface area contributed by atoms with Gasteiger partial charge >= 0.3 is 0 Å². The Morgan fingerprint density at radius 3 is 2.50 bits per heavy atom. The number of hydrogen-bond acceptors (Lipinski definition) is 2. The van der Waals surface area contributed by atoms with Gasteiger partial charge in [0.1, 0.15) is 0 Å². The molecule has 20 heavy (non-hydrogen) atoms. The first-order chi connectivity index (χ1) is 9.63. The van der Waals surface area contributed by atoms with E-state index in [1.807, 2.05) is 24.3 Å². The van der Waals surface area contributed by atoms with Gasteiger partial charge in [0.05, 0.1) is 0 Å². The van der Waals surface area contributed by atoms with Crippen molar-refractivity contribution in [1.29, 1.82) is 0 Å². The van der Waals surface area contributed by atoms with Gasteiger partial charge in [0.15, 0.2) is 5.43 Å². The molecule has 0 radical (unpaired) electrons. The summed E-state index contributed by atoms with van der Waals surface area (Å²) in [5.74, 6) is 0.370. The lowest BCUT2D eigenvalue weighted by Gasteiger charge is -2.15. The normalized spacial score (nSPS) is 11.6. The first-order valence-electron chi connectivity index (χ1n) is 7.10. The maximum Gasteiger partial charge on any atom is 0.196 e. The minimum absolute atomic E-state index is 0.188. The third-order valence-corrected chi connectivity index (χ3v) is 4.97. The molecule has 0 unspecified atom stereocenters. The molecule has 2 aromatic carbocycles. The van der Waals surface area contributed by atoms with Crippen LogP contribution in [0.3, 0.4) is 0 Å². The van der Waals surface area contributed by atoms with Crippen molar-refractivity contribution in [2.45, 2.75) is 33.1 Å². The van der Waals surface area contributed by atoms with Crippen molar-refractivity contribution >= 4 is 31.5 Å². The van der Waals surface area contributed by atoms with Crippen molar-refractivity contribution < 1.29 is 0 Å². The summed E-state index contributed by atoms with van der Waals surface area (Å²) in [6.07, 6.45) is 0.973. The molecule has 0 saturated heterocycles. The predicted molar refractivity (Wildman–Crippen MR) is 89.1 cm³/mol. The van der Waals surface area contributed by atoms with Gasteiger partial charge in [-0.25, -0.2) is 0 Å². The van der Waals surface area contributed by atoms with Gasteiger partial charge in [0.2, 0.25) is 0 Å². The Bertz CT molecular complexity index is 843. The highest BCUT2D eigenvalue weighted by Gasteiger charge is 2.15. The van der Waals surface area contributed by atoms with Gasteiger partial charge in [-0.05, 0) is 41.7 Å². The van der Waals surface area contributed by atoms with Crippen LogP contribution in [0.15, 0.2) is 41.2 Å². The van der Waals surface area contributed by atoms with Gasteiger partial charge in [-0.2, -0.15) is 0 Å². The molecule has 0 atom stereocenters. The van der Waals surface area contributed by atoms with E-state index in [1.165, 1.54) is 11.1 Å². The van der Waals surface area contributed by atoms with Crippen LogP contribution in [-0.2, 0) is 6.42 Å². The van der Waals surface area contributed by atoms with Crippen LogP contribution in [0.5, 0.6) is 0 Å². The molecule has 0 bridgehead atoms. The molecule has 0 amide bonds. The van der Waals surface area contributed by atoms with Gasteiger partial charge in [-0.1, -0.05) is 39.0 Å². The van der Waals surface area contributed by atoms with Crippen molar-refractivity contribution in [2.75, 3.05) is 0 Å². The molecule has 2 heteroatoms. The van der Waals surface area contributed by atoms with E-state index in [-0.39, 0.29) is 5.43 Å². The highest BCUT2D eigenvalue weighted by atomic mass is 32.1. The molecule has 0 aliphatic carbocycles. The summed E-state index contributed by atoms with van der Waals surface area (Å²) >= 11 is 1.72. The highest BCUT2D eigenvalue weighted by Crippen LogP contribution is 2.32. The van der Waals surface area contributed by atoms with E-state index in [9.17, 15) is 4.79 Å². The van der Waals surface area contributed by atoms with Crippen LogP contribution >= 0.6 is 11.3 Å². The molecular weight excluding hydrogens is 264 g/mol. The quantitative estimate of drug-likeness (QED) is 0.598. The zero-order chi connectivity index (χ0) is 14.3. The molecule has 1 nitrogen and oxygen atoms in total. The fourth-order valence-electron chi connectivity index (χ4n) is 2.93. The summed E-state index contributed by atoms with van der Waals surface area (Å²) in [5.41, 5.74) is 2.72. The molecule has 0 aliphatic rings. The number of aryl methyl sites for hydroxylation is 1. The zero-order valence-electron chi connectivity index (χ0n) is 12.1. The average molecular weight is 282 g/mol. The van der Waals surface area contributed by atoms with E-state index < -0.39 is 0 Å². The lowest BCUT2D eigenvalue weighted by Crippen LogP contribution is -2.07. The Morgan fingerprint density at radius 2 is 1.80 bits per heavy atom. The van der Waals surface area contributed by atoms with Gasteiger partial charge in [-0.15, -0.1) is 11.3 Å². The molecule has 3 rings (SSSR count). The molecular formula is C18H18OS. The summed E-state index contributed by atoms with van der Waals surface area (Å²) in [5, 5.41) is 1.78. The Hall–Kier alpha value is -1.67. The minimum Gasteiger partial charge on any atom is -0.288 e. The summed E-state index contributed by atoms with van der Waals surface area (Å²) in [4.78, 5) is 12.9. The Labute approximate surface area is 122 Å². The Balaban J connectivity index is 2.56. The van der Waals surface area contributed by atoms with E-state index in [1.54, 1.807) is 11.3 Å². The first kappa shape index (κ1) is 13.3. The number of fused-ring (bicyclic) bond motifs is 2. The third kappa shape index (κ3) is 1.95. The predicted octanol–water partition coefficient (Wildman–Crippen LogP) is 5.10. The van der Waals surface area contributed by atoms with E-state index >= 15 is 0 Å². The second-order valence-electron chi connectivity index (χ2n) is 5.45. The summed E-state index contributed by atoms with van der Waals surface area (Å²) in [7, 11) is 0. The van der Waals surface area contributed by atoms with Crippen LogP contribution in [0.2, 0.25) is 0 Å². The van der Waals surface area contributed by atoms with Crippen LogP contribution in [0.1, 0.15) is 37.8 Å². The SMILES string of the molecule is CCc1ccc2sc3ccccc3c(=O)c2c1C(C)C. The largest absolute Gasteiger partial charge is 0.288 e. The smallest absolute Gasteiger partial charge is 0.196 e. The summed E-state index contributed by atoms with van der Waals surface area (Å²) in [6, 6.07) is 12.2. The Morgan fingerprint density at radius 1 is 1.05 bits per heavy atom. The molecule has 0 N–H and O–H groups in total. The Kier molecular flexibility index (Phi) is 3.35. The maximum absolute atomic E-state index is 12.9. The molecule has 0 spiro atoms. The van der Waals surface area contributed by atoms with E-state index in [4.69, 9.17) is 0 Å². The van der Waals surface area contributed by atoms with Gasteiger partial charge in [0, 0.05) is 20.2 Å². The van der Waals surface area contributed by atoms with Crippen molar-refractivity contribution in [2.24, 2.45) is 0 Å². The molecule has 102 valence electrons. The van der Waals surface area contributed by atoms with Gasteiger partial charge < -0.3 is 0 Å². The third-order valence-electron chi connectivity index (χ3n) is 3.83. The second kappa shape index (κ2) is 5.02. The van der Waals surface area contributed by atoms with E-state index in [0.29, 0.717) is 5.92 Å². The van der Waals surface area contributed by atoms with E-state index in [2.05, 4.69) is 32.9 Å². The second-order valence-corrected chi connectivity index (χ2v) is 6.53. The van der Waals surface area contributed by atoms with Crippen LogP contribution in [-0.4, -0.2) is 0 Å². The fourth-order valence-corrected chi connectivity index (χ4v) is 4.02. The molecule has 0 saturated carbocycles. The topological polar surface area (TPSA) is 17.1 Å². The average Bonchev–Trinajstić information content (AvgIpc) is 2.46. The molecule has 1 aromatic heterocycles. The van der Waals surface area contributed by atoms with Crippen LogP contribution in [0, 0.1) is 0 Å². The van der Waals surface area contributed by atoms with Crippen molar-refractivity contribution in [3.05, 3.63) is 57.7 Å². The number of rotatable bonds is 2. The standard InChI is InChI=1S/C18H18OS/c1-4-12-9-10-15-17(16(12)11(2)3)18(19)13-7-5-6-8-14(13)20-15/h5-11H,4H2,1-3H3. The minimum atomic E-state index is 0.188. The van der Waals surface area contributed by atoms with Crippen molar-refractivity contribution in [1.82, 2.24) is 0 Å². The van der Waals surface area contributed by atoms with Gasteiger partial charge in [-0.3, -0.25) is 4.79 Å². The number of benzene rings is 2. The van der Waals surface area contributed by atoms with Crippen molar-refractivity contribution in [3.8, 4) is 0 Å². The molecule has 0 fully saturated rings. The summed E-state index contributed by atoms with van der Waals surface area (Å²) < 4.78 is 2.18.